The van der Waals surface area contributed by atoms with Crippen molar-refractivity contribution in [2.75, 3.05) is 13.2 Å². The highest BCUT2D eigenvalue weighted by Crippen LogP contribution is 2.40. The molecule has 45 heavy (non-hydrogen) atoms. The fourth-order valence-electron chi connectivity index (χ4n) is 5.45. The number of nitrogens with zero attached hydrogens (tertiary/aromatic N) is 5. The zero-order valence-electron chi connectivity index (χ0n) is 24.2. The van der Waals surface area contributed by atoms with Gasteiger partial charge in [0.25, 0.3) is 0 Å². The summed E-state index contributed by atoms with van der Waals surface area (Å²) in [5.74, 6) is -2.71. The summed E-state index contributed by atoms with van der Waals surface area (Å²) in [5, 5.41) is 18.5. The largest absolute Gasteiger partial charge is 0.478 e. The van der Waals surface area contributed by atoms with E-state index in [0.29, 0.717) is 30.1 Å². The lowest BCUT2D eigenvalue weighted by molar-refractivity contribution is 0.0697. The first-order valence-electron chi connectivity index (χ1n) is 14.0. The Balaban J connectivity index is 1.30. The van der Waals surface area contributed by atoms with Gasteiger partial charge in [-0.1, -0.05) is 19.9 Å². The molecule has 1 atom stereocenters. The predicted molar refractivity (Wildman–Crippen MR) is 156 cm³/mol. The summed E-state index contributed by atoms with van der Waals surface area (Å²) in [5.41, 5.74) is 1.17. The Labute approximate surface area is 255 Å². The molecule has 1 fully saturated rings. The molecule has 228 valence electrons. The average molecular weight is 614 g/mol. The van der Waals surface area contributed by atoms with Crippen LogP contribution >= 0.6 is 0 Å². The molecule has 1 aliphatic rings. The number of aromatic nitrogens is 4. The number of nitriles is 1. The maximum absolute atomic E-state index is 15.6. The number of ether oxygens (including phenoxy) is 2. The van der Waals surface area contributed by atoms with Crippen LogP contribution in [0.15, 0.2) is 60.8 Å². The van der Waals surface area contributed by atoms with Gasteiger partial charge in [0.05, 0.1) is 53.2 Å². The normalized spacial score (nSPS) is 15.7. The summed E-state index contributed by atoms with van der Waals surface area (Å²) in [4.78, 5) is 24.6. The Kier molecular flexibility index (Phi) is 7.72. The van der Waals surface area contributed by atoms with Gasteiger partial charge in [-0.2, -0.15) is 10.2 Å². The van der Waals surface area contributed by atoms with Crippen LogP contribution in [0.2, 0.25) is 0 Å². The van der Waals surface area contributed by atoms with E-state index >= 15 is 8.78 Å². The molecule has 5 aromatic rings. The van der Waals surface area contributed by atoms with Crippen LogP contribution in [0, 0.1) is 34.2 Å². The number of benzene rings is 3. The Hall–Kier alpha value is -5.28. The van der Waals surface area contributed by atoms with Gasteiger partial charge in [-0.25, -0.2) is 27.9 Å². The SMILES string of the molecule is CC1(C)COC[C@H]1n1c(Cc2cc(F)c(-c3ccnc(OCc4ccc(C#N)cc4F)n3)cc2F)nc2ccc(C(=O)O)cc21. The smallest absolute Gasteiger partial charge is 0.335 e. The molecule has 6 rings (SSSR count). The van der Waals surface area contributed by atoms with Crippen LogP contribution in [-0.4, -0.2) is 43.8 Å². The Bertz CT molecular complexity index is 2000. The number of carbonyl (C=O) groups is 1. The average Bonchev–Trinajstić information content (AvgIpc) is 3.55. The van der Waals surface area contributed by atoms with Crippen LogP contribution in [0.5, 0.6) is 6.01 Å². The van der Waals surface area contributed by atoms with Crippen molar-refractivity contribution in [3.8, 4) is 23.3 Å². The number of aromatic carboxylic acids is 1. The van der Waals surface area contributed by atoms with Gasteiger partial charge in [0.1, 0.15) is 29.9 Å². The summed E-state index contributed by atoms with van der Waals surface area (Å²) in [6.45, 7) is 4.64. The number of carboxylic acids is 1. The minimum atomic E-state index is -1.09. The third kappa shape index (κ3) is 5.82. The zero-order chi connectivity index (χ0) is 31.9. The Morgan fingerprint density at radius 3 is 2.58 bits per heavy atom. The van der Waals surface area contributed by atoms with Crippen LogP contribution in [0.4, 0.5) is 13.2 Å². The molecule has 0 spiro atoms. The third-order valence-electron chi connectivity index (χ3n) is 7.91. The van der Waals surface area contributed by atoms with E-state index in [2.05, 4.69) is 15.0 Å². The van der Waals surface area contributed by atoms with Gasteiger partial charge >= 0.3 is 12.0 Å². The number of rotatable bonds is 8. The van der Waals surface area contributed by atoms with Crippen LogP contribution in [0.3, 0.4) is 0 Å². The molecular weight excluding hydrogens is 587 g/mol. The van der Waals surface area contributed by atoms with E-state index in [1.165, 1.54) is 36.5 Å². The maximum Gasteiger partial charge on any atom is 0.335 e. The fraction of sp³-hybridized carbons (Fsp3) is 0.242. The molecule has 0 radical (unpaired) electrons. The number of hydrogen-bond acceptors (Lipinski definition) is 7. The third-order valence-corrected chi connectivity index (χ3v) is 7.91. The van der Waals surface area contributed by atoms with E-state index in [4.69, 9.17) is 14.7 Å². The Morgan fingerprint density at radius 2 is 1.87 bits per heavy atom. The van der Waals surface area contributed by atoms with Gasteiger partial charge in [-0.05, 0) is 54.1 Å². The van der Waals surface area contributed by atoms with E-state index in [1.807, 2.05) is 24.5 Å². The molecule has 3 aromatic carbocycles. The quantitative estimate of drug-likeness (QED) is 0.218. The topological polar surface area (TPSA) is 123 Å². The summed E-state index contributed by atoms with van der Waals surface area (Å²) in [6, 6.07) is 13.5. The predicted octanol–water partition coefficient (Wildman–Crippen LogP) is 6.25. The van der Waals surface area contributed by atoms with E-state index in [-0.39, 0.29) is 64.0 Å². The summed E-state index contributed by atoms with van der Waals surface area (Å²) < 4.78 is 58.5. The molecule has 2 aromatic heterocycles. The second kappa shape index (κ2) is 11.7. The first kappa shape index (κ1) is 29.8. The van der Waals surface area contributed by atoms with Crippen LogP contribution < -0.4 is 4.74 Å². The number of halogens is 3. The molecule has 12 heteroatoms. The molecule has 0 bridgehead atoms. The molecule has 0 saturated carbocycles. The Morgan fingerprint density at radius 1 is 1.07 bits per heavy atom. The van der Waals surface area contributed by atoms with E-state index in [1.54, 1.807) is 6.07 Å². The lowest BCUT2D eigenvalue weighted by Crippen LogP contribution is -2.27. The number of fused-ring (bicyclic) bond motifs is 1. The fourth-order valence-corrected chi connectivity index (χ4v) is 5.45. The van der Waals surface area contributed by atoms with Crippen molar-refractivity contribution >= 4 is 17.0 Å². The van der Waals surface area contributed by atoms with Crippen molar-refractivity contribution < 1.29 is 32.5 Å². The van der Waals surface area contributed by atoms with Crippen molar-refractivity contribution in [3.05, 3.63) is 106 Å². The van der Waals surface area contributed by atoms with Gasteiger partial charge < -0.3 is 19.1 Å². The summed E-state index contributed by atoms with van der Waals surface area (Å²) in [7, 11) is 0. The van der Waals surface area contributed by atoms with Gasteiger partial charge in [0.2, 0.25) is 0 Å². The number of carboxylic acid groups (broad SMARTS) is 1. The molecule has 0 unspecified atom stereocenters. The molecule has 0 aliphatic carbocycles. The molecule has 0 amide bonds. The molecule has 1 N–H and O–H groups in total. The minimum absolute atomic E-state index is 0.0461. The van der Waals surface area contributed by atoms with Crippen molar-refractivity contribution in [1.29, 1.82) is 5.26 Å². The molecule has 9 nitrogen and oxygen atoms in total. The lowest BCUT2D eigenvalue weighted by atomic mass is 9.87. The summed E-state index contributed by atoms with van der Waals surface area (Å²) in [6.07, 6.45) is 1.25. The second-order valence-corrected chi connectivity index (χ2v) is 11.5. The lowest BCUT2D eigenvalue weighted by Gasteiger charge is -2.28. The first-order valence-corrected chi connectivity index (χ1v) is 14.0. The molecule has 3 heterocycles. The standard InChI is InChI=1S/C33H26F3N5O4/c1-33(2)17-44-16-29(33)41-28-11-19(31(42)43)5-6-27(28)39-30(41)12-21-10-25(36)22(13-24(21)35)26-7-8-38-32(40-26)45-15-20-4-3-18(14-37)9-23(20)34/h3-11,13,29H,12,15-17H2,1-2H3,(H,42,43)/t29-/m1/s1. The minimum Gasteiger partial charge on any atom is -0.478 e. The van der Waals surface area contributed by atoms with Crippen molar-refractivity contribution in [2.24, 2.45) is 5.41 Å². The van der Waals surface area contributed by atoms with Gasteiger partial charge in [-0.3, -0.25) is 0 Å². The van der Waals surface area contributed by atoms with E-state index in [0.717, 1.165) is 18.2 Å². The second-order valence-electron chi connectivity index (χ2n) is 11.5. The molecule has 1 saturated heterocycles. The van der Waals surface area contributed by atoms with Crippen LogP contribution in [-0.2, 0) is 17.8 Å². The van der Waals surface area contributed by atoms with E-state index in [9.17, 15) is 14.3 Å². The van der Waals surface area contributed by atoms with Crippen LogP contribution in [0.25, 0.3) is 22.3 Å². The highest BCUT2D eigenvalue weighted by molar-refractivity contribution is 5.92. The van der Waals surface area contributed by atoms with Crippen LogP contribution in [0.1, 0.15) is 52.8 Å². The molecular formula is C33H26F3N5O4. The monoisotopic (exact) mass is 613 g/mol. The molecule has 1 aliphatic heterocycles. The van der Waals surface area contributed by atoms with Gasteiger partial charge in [0, 0.05) is 29.2 Å². The highest BCUT2D eigenvalue weighted by Gasteiger charge is 2.39. The zero-order valence-corrected chi connectivity index (χ0v) is 24.2. The van der Waals surface area contributed by atoms with E-state index < -0.39 is 23.4 Å². The van der Waals surface area contributed by atoms with Crippen molar-refractivity contribution in [3.63, 3.8) is 0 Å². The maximum atomic E-state index is 15.6. The van der Waals surface area contributed by atoms with Crippen molar-refractivity contribution in [2.45, 2.75) is 32.9 Å². The van der Waals surface area contributed by atoms with Gasteiger partial charge in [-0.15, -0.1) is 0 Å². The van der Waals surface area contributed by atoms with Gasteiger partial charge in [0.15, 0.2) is 0 Å². The number of imidazole rings is 1. The first-order chi connectivity index (χ1) is 21.5. The van der Waals surface area contributed by atoms with Crippen molar-refractivity contribution in [1.82, 2.24) is 19.5 Å². The summed E-state index contributed by atoms with van der Waals surface area (Å²) >= 11 is 0. The highest BCUT2D eigenvalue weighted by atomic mass is 19.1. The number of hydrogen-bond donors (Lipinski definition) is 1.